The zero-order chi connectivity index (χ0) is 14.6. The number of esters is 2. The number of ether oxygens (including phenoxy) is 5. The van der Waals surface area contributed by atoms with Gasteiger partial charge in [0.15, 0.2) is 12.4 Å². The minimum absolute atomic E-state index is 0.421. The molecule has 0 radical (unpaired) electrons. The molecular formula is C12H20O7. The van der Waals surface area contributed by atoms with Crippen LogP contribution in [0.15, 0.2) is 0 Å². The van der Waals surface area contributed by atoms with Gasteiger partial charge in [0.25, 0.3) is 0 Å². The van der Waals surface area contributed by atoms with E-state index in [9.17, 15) is 9.59 Å². The zero-order valence-corrected chi connectivity index (χ0v) is 11.7. The van der Waals surface area contributed by atoms with Crippen LogP contribution in [0.4, 0.5) is 0 Å². The SMILES string of the molecule is CO[C@H]1O[C@@H]([C@@H](C)OC(C)=O)[C@@H](OC)[C@@H]1OC(C)=O. The van der Waals surface area contributed by atoms with Crippen LogP contribution in [0, 0.1) is 0 Å². The summed E-state index contributed by atoms with van der Waals surface area (Å²) in [7, 11) is 2.91. The molecule has 0 aromatic rings. The van der Waals surface area contributed by atoms with Crippen LogP contribution < -0.4 is 0 Å². The van der Waals surface area contributed by atoms with Gasteiger partial charge in [0, 0.05) is 28.1 Å². The van der Waals surface area contributed by atoms with Crippen molar-refractivity contribution in [3.63, 3.8) is 0 Å². The molecule has 0 aromatic heterocycles. The van der Waals surface area contributed by atoms with Crippen molar-refractivity contribution < 1.29 is 33.3 Å². The van der Waals surface area contributed by atoms with E-state index in [1.54, 1.807) is 6.92 Å². The lowest BCUT2D eigenvalue weighted by atomic mass is 10.1. The molecular weight excluding hydrogens is 256 g/mol. The highest BCUT2D eigenvalue weighted by molar-refractivity contribution is 5.66. The Labute approximate surface area is 112 Å². The Morgan fingerprint density at radius 3 is 2.11 bits per heavy atom. The molecule has 19 heavy (non-hydrogen) atoms. The van der Waals surface area contributed by atoms with Crippen molar-refractivity contribution in [1.29, 1.82) is 0 Å². The Morgan fingerprint density at radius 2 is 1.68 bits per heavy atom. The van der Waals surface area contributed by atoms with E-state index in [1.807, 2.05) is 0 Å². The minimum Gasteiger partial charge on any atom is -0.460 e. The predicted octanol–water partition coefficient (Wildman–Crippen LogP) is 0.256. The fourth-order valence-electron chi connectivity index (χ4n) is 2.13. The third-order valence-corrected chi connectivity index (χ3v) is 2.83. The normalized spacial score (nSPS) is 31.8. The Balaban J connectivity index is 2.83. The van der Waals surface area contributed by atoms with Gasteiger partial charge in [-0.15, -0.1) is 0 Å². The zero-order valence-electron chi connectivity index (χ0n) is 11.7. The fraction of sp³-hybridized carbons (Fsp3) is 0.833. The molecule has 7 nitrogen and oxygen atoms in total. The summed E-state index contributed by atoms with van der Waals surface area (Å²) in [6.07, 6.45) is -3.13. The monoisotopic (exact) mass is 276 g/mol. The third-order valence-electron chi connectivity index (χ3n) is 2.83. The molecule has 0 bridgehead atoms. The van der Waals surface area contributed by atoms with Gasteiger partial charge in [0.2, 0.25) is 0 Å². The van der Waals surface area contributed by atoms with Crippen molar-refractivity contribution in [3.05, 3.63) is 0 Å². The first-order valence-corrected chi connectivity index (χ1v) is 5.96. The highest BCUT2D eigenvalue weighted by Crippen LogP contribution is 2.29. The molecule has 1 aliphatic heterocycles. The van der Waals surface area contributed by atoms with E-state index in [0.717, 1.165) is 0 Å². The Hall–Kier alpha value is -1.18. The summed E-state index contributed by atoms with van der Waals surface area (Å²) in [6.45, 7) is 4.29. The number of carbonyl (C=O) groups is 2. The largest absolute Gasteiger partial charge is 0.460 e. The highest BCUT2D eigenvalue weighted by Gasteiger charge is 2.50. The fourth-order valence-corrected chi connectivity index (χ4v) is 2.13. The van der Waals surface area contributed by atoms with E-state index < -0.39 is 42.6 Å². The second kappa shape index (κ2) is 6.83. The average Bonchev–Trinajstić information content (AvgIpc) is 2.65. The maximum absolute atomic E-state index is 11.1. The van der Waals surface area contributed by atoms with E-state index in [2.05, 4.69) is 0 Å². The lowest BCUT2D eigenvalue weighted by Crippen LogP contribution is -2.42. The third kappa shape index (κ3) is 3.89. The van der Waals surface area contributed by atoms with Crippen molar-refractivity contribution in [2.24, 2.45) is 0 Å². The summed E-state index contributed by atoms with van der Waals surface area (Å²) < 4.78 is 26.2. The van der Waals surface area contributed by atoms with Gasteiger partial charge in [-0.25, -0.2) is 0 Å². The Kier molecular flexibility index (Phi) is 5.71. The smallest absolute Gasteiger partial charge is 0.303 e. The van der Waals surface area contributed by atoms with Gasteiger partial charge < -0.3 is 23.7 Å². The number of methoxy groups -OCH3 is 2. The molecule has 5 atom stereocenters. The minimum atomic E-state index is -0.753. The molecule has 0 spiro atoms. The highest BCUT2D eigenvalue weighted by atomic mass is 16.7. The molecule has 0 saturated carbocycles. The van der Waals surface area contributed by atoms with Crippen molar-refractivity contribution in [1.82, 2.24) is 0 Å². The summed E-state index contributed by atoms with van der Waals surface area (Å²) in [5.41, 5.74) is 0. The summed E-state index contributed by atoms with van der Waals surface area (Å²) in [6, 6.07) is 0. The van der Waals surface area contributed by atoms with Gasteiger partial charge in [-0.1, -0.05) is 0 Å². The molecule has 7 heteroatoms. The summed E-state index contributed by atoms with van der Waals surface area (Å²) in [5.74, 6) is -0.880. The molecule has 0 amide bonds. The van der Waals surface area contributed by atoms with Crippen molar-refractivity contribution >= 4 is 11.9 Å². The summed E-state index contributed by atoms with van der Waals surface area (Å²) in [5, 5.41) is 0. The number of hydrogen-bond acceptors (Lipinski definition) is 7. The molecule has 1 saturated heterocycles. The molecule has 0 aliphatic carbocycles. The molecule has 0 unspecified atom stereocenters. The van der Waals surface area contributed by atoms with Crippen molar-refractivity contribution in [2.45, 2.75) is 51.5 Å². The van der Waals surface area contributed by atoms with Crippen molar-refractivity contribution in [2.75, 3.05) is 14.2 Å². The lowest BCUT2D eigenvalue weighted by Gasteiger charge is -2.24. The van der Waals surface area contributed by atoms with Gasteiger partial charge in [-0.05, 0) is 6.92 Å². The van der Waals surface area contributed by atoms with Crippen LogP contribution in [0.3, 0.4) is 0 Å². The van der Waals surface area contributed by atoms with Crippen molar-refractivity contribution in [3.8, 4) is 0 Å². The maximum atomic E-state index is 11.1. The molecule has 0 N–H and O–H groups in total. The molecule has 110 valence electrons. The van der Waals surface area contributed by atoms with E-state index in [1.165, 1.54) is 28.1 Å². The van der Waals surface area contributed by atoms with Crippen LogP contribution in [-0.4, -0.2) is 56.9 Å². The summed E-state index contributed by atoms with van der Waals surface area (Å²) >= 11 is 0. The second-order valence-electron chi connectivity index (χ2n) is 4.29. The first-order chi connectivity index (χ1) is 8.90. The van der Waals surface area contributed by atoms with E-state index in [4.69, 9.17) is 23.7 Å². The van der Waals surface area contributed by atoms with E-state index in [0.29, 0.717) is 0 Å². The topological polar surface area (TPSA) is 80.3 Å². The molecule has 1 aliphatic rings. The van der Waals surface area contributed by atoms with Crippen LogP contribution in [0.2, 0.25) is 0 Å². The van der Waals surface area contributed by atoms with Crippen LogP contribution in [0.1, 0.15) is 20.8 Å². The van der Waals surface area contributed by atoms with Crippen LogP contribution in [0.25, 0.3) is 0 Å². The number of carbonyl (C=O) groups excluding carboxylic acids is 2. The standard InChI is InChI=1S/C12H20O7/c1-6(17-7(2)13)9-10(15-4)11(18-8(3)14)12(16-5)19-9/h6,9-12H,1-5H3/t6-,9+,10-,11+,12+/m1/s1. The average molecular weight is 276 g/mol. The van der Waals surface area contributed by atoms with Crippen LogP contribution in [0.5, 0.6) is 0 Å². The van der Waals surface area contributed by atoms with Gasteiger partial charge in [0.05, 0.1) is 0 Å². The first kappa shape index (κ1) is 15.9. The quantitative estimate of drug-likeness (QED) is 0.666. The molecule has 1 rings (SSSR count). The maximum Gasteiger partial charge on any atom is 0.303 e. The predicted molar refractivity (Wildman–Crippen MR) is 63.2 cm³/mol. The van der Waals surface area contributed by atoms with Gasteiger partial charge in [-0.2, -0.15) is 0 Å². The Morgan fingerprint density at radius 1 is 1.05 bits per heavy atom. The van der Waals surface area contributed by atoms with E-state index in [-0.39, 0.29) is 0 Å². The van der Waals surface area contributed by atoms with E-state index >= 15 is 0 Å². The number of hydrogen-bond donors (Lipinski definition) is 0. The Bertz CT molecular complexity index is 330. The summed E-state index contributed by atoms with van der Waals surface area (Å²) in [4.78, 5) is 22.1. The van der Waals surface area contributed by atoms with Gasteiger partial charge in [-0.3, -0.25) is 9.59 Å². The van der Waals surface area contributed by atoms with Crippen LogP contribution in [-0.2, 0) is 33.3 Å². The number of rotatable bonds is 5. The van der Waals surface area contributed by atoms with Gasteiger partial charge >= 0.3 is 11.9 Å². The second-order valence-corrected chi connectivity index (χ2v) is 4.29. The molecule has 0 aromatic carbocycles. The lowest BCUT2D eigenvalue weighted by molar-refractivity contribution is -0.185. The van der Waals surface area contributed by atoms with Gasteiger partial charge in [0.1, 0.15) is 18.3 Å². The first-order valence-electron chi connectivity index (χ1n) is 5.96. The van der Waals surface area contributed by atoms with Crippen LogP contribution >= 0.6 is 0 Å². The molecule has 1 fully saturated rings. The molecule has 1 heterocycles.